The number of aromatic nitrogens is 4. The Labute approximate surface area is 125 Å². The standard InChI is InChI=1S/C14H13N5OS/c1-9-7-11-14(20)18(5-6-19(11)17-9)8-10-3-2-4-16-12(10)13(15)21/h2-7H,8H2,1H3,(H2,15,21). The highest BCUT2D eigenvalue weighted by atomic mass is 32.1. The molecule has 7 heteroatoms. The van der Waals surface area contributed by atoms with Crippen molar-refractivity contribution in [3.8, 4) is 0 Å². The highest BCUT2D eigenvalue weighted by molar-refractivity contribution is 7.80. The Morgan fingerprint density at radius 3 is 3.00 bits per heavy atom. The van der Waals surface area contributed by atoms with E-state index >= 15 is 0 Å². The van der Waals surface area contributed by atoms with Gasteiger partial charge in [0.25, 0.3) is 5.56 Å². The predicted octanol–water partition coefficient (Wildman–Crippen LogP) is 0.882. The minimum absolute atomic E-state index is 0.115. The summed E-state index contributed by atoms with van der Waals surface area (Å²) >= 11 is 4.99. The fraction of sp³-hybridized carbons (Fsp3) is 0.143. The quantitative estimate of drug-likeness (QED) is 0.726. The first-order valence-corrected chi connectivity index (χ1v) is 6.76. The Hall–Kier alpha value is -2.54. The van der Waals surface area contributed by atoms with Gasteiger partial charge in [-0.2, -0.15) is 5.10 Å². The average molecular weight is 299 g/mol. The van der Waals surface area contributed by atoms with Gasteiger partial charge in [-0.05, 0) is 19.1 Å². The van der Waals surface area contributed by atoms with Crippen LogP contribution in [0.2, 0.25) is 0 Å². The molecule has 0 aromatic carbocycles. The molecule has 0 aliphatic heterocycles. The zero-order valence-electron chi connectivity index (χ0n) is 11.4. The van der Waals surface area contributed by atoms with E-state index in [1.165, 1.54) is 0 Å². The predicted molar refractivity (Wildman–Crippen MR) is 83.4 cm³/mol. The van der Waals surface area contributed by atoms with Crippen molar-refractivity contribution in [1.82, 2.24) is 19.2 Å². The van der Waals surface area contributed by atoms with Crippen molar-refractivity contribution in [3.05, 3.63) is 64.1 Å². The third kappa shape index (κ3) is 2.43. The molecule has 0 bridgehead atoms. The van der Waals surface area contributed by atoms with Gasteiger partial charge in [-0.15, -0.1) is 0 Å². The van der Waals surface area contributed by atoms with E-state index in [4.69, 9.17) is 18.0 Å². The number of aryl methyl sites for hydroxylation is 1. The third-order valence-corrected chi connectivity index (χ3v) is 3.38. The maximum Gasteiger partial charge on any atom is 0.276 e. The Morgan fingerprint density at radius 2 is 2.24 bits per heavy atom. The van der Waals surface area contributed by atoms with E-state index in [2.05, 4.69) is 10.1 Å². The van der Waals surface area contributed by atoms with Gasteiger partial charge in [-0.25, -0.2) is 4.52 Å². The fourth-order valence-corrected chi connectivity index (χ4v) is 2.43. The summed E-state index contributed by atoms with van der Waals surface area (Å²) in [6.07, 6.45) is 5.07. The van der Waals surface area contributed by atoms with Crippen LogP contribution in [0.25, 0.3) is 5.52 Å². The summed E-state index contributed by atoms with van der Waals surface area (Å²) in [5.74, 6) is 0. The SMILES string of the molecule is Cc1cc2c(=O)n(Cc3cccnc3C(N)=S)ccn2n1. The van der Waals surface area contributed by atoms with E-state index in [0.717, 1.165) is 11.3 Å². The number of nitrogens with zero attached hydrogens (tertiary/aromatic N) is 4. The topological polar surface area (TPSA) is 78.2 Å². The first-order chi connectivity index (χ1) is 10.1. The van der Waals surface area contributed by atoms with Crippen LogP contribution >= 0.6 is 12.2 Å². The average Bonchev–Trinajstić information content (AvgIpc) is 2.84. The van der Waals surface area contributed by atoms with Crippen molar-refractivity contribution < 1.29 is 0 Å². The molecular weight excluding hydrogens is 286 g/mol. The fourth-order valence-electron chi connectivity index (χ4n) is 2.24. The van der Waals surface area contributed by atoms with Crippen LogP contribution in [0.4, 0.5) is 0 Å². The van der Waals surface area contributed by atoms with Gasteiger partial charge < -0.3 is 10.3 Å². The maximum atomic E-state index is 12.4. The third-order valence-electron chi connectivity index (χ3n) is 3.19. The van der Waals surface area contributed by atoms with Crippen LogP contribution in [0.3, 0.4) is 0 Å². The van der Waals surface area contributed by atoms with E-state index in [0.29, 0.717) is 17.8 Å². The number of nitrogens with two attached hydrogens (primary N) is 1. The van der Waals surface area contributed by atoms with E-state index in [9.17, 15) is 4.79 Å². The first-order valence-electron chi connectivity index (χ1n) is 6.35. The van der Waals surface area contributed by atoms with Gasteiger partial charge in [0, 0.05) is 24.2 Å². The highest BCUT2D eigenvalue weighted by Gasteiger charge is 2.10. The second kappa shape index (κ2) is 5.10. The molecule has 21 heavy (non-hydrogen) atoms. The van der Waals surface area contributed by atoms with Crippen molar-refractivity contribution >= 4 is 22.7 Å². The maximum absolute atomic E-state index is 12.4. The molecule has 0 spiro atoms. The number of hydrogen-bond acceptors (Lipinski definition) is 4. The normalized spacial score (nSPS) is 10.9. The van der Waals surface area contributed by atoms with E-state index in [1.54, 1.807) is 39.8 Å². The number of thiocarbonyl (C=S) groups is 1. The Balaban J connectivity index is 2.09. The van der Waals surface area contributed by atoms with Crippen molar-refractivity contribution in [2.45, 2.75) is 13.5 Å². The molecule has 0 aliphatic carbocycles. The summed E-state index contributed by atoms with van der Waals surface area (Å²) in [5, 5.41) is 4.22. The molecule has 3 aromatic rings. The molecule has 0 saturated heterocycles. The van der Waals surface area contributed by atoms with Gasteiger partial charge in [-0.1, -0.05) is 18.3 Å². The molecule has 0 amide bonds. The summed E-state index contributed by atoms with van der Waals surface area (Å²) in [4.78, 5) is 16.8. The zero-order valence-corrected chi connectivity index (χ0v) is 12.2. The molecule has 0 fully saturated rings. The minimum atomic E-state index is -0.115. The molecule has 0 saturated carbocycles. The summed E-state index contributed by atoms with van der Waals surface area (Å²) < 4.78 is 3.17. The number of pyridine rings is 1. The summed E-state index contributed by atoms with van der Waals surface area (Å²) in [6.45, 7) is 2.21. The molecule has 106 valence electrons. The lowest BCUT2D eigenvalue weighted by molar-refractivity contribution is 0.738. The first kappa shape index (κ1) is 13.4. The largest absolute Gasteiger partial charge is 0.388 e. The van der Waals surface area contributed by atoms with Crippen LogP contribution in [0.5, 0.6) is 0 Å². The van der Waals surface area contributed by atoms with E-state index in [1.807, 2.05) is 13.0 Å². The Kier molecular flexibility index (Phi) is 3.26. The van der Waals surface area contributed by atoms with Crippen molar-refractivity contribution in [2.75, 3.05) is 0 Å². The molecule has 2 N–H and O–H groups in total. The van der Waals surface area contributed by atoms with Gasteiger partial charge in [0.15, 0.2) is 0 Å². The van der Waals surface area contributed by atoms with Crippen molar-refractivity contribution in [1.29, 1.82) is 0 Å². The van der Waals surface area contributed by atoms with Crippen LogP contribution in [-0.4, -0.2) is 24.2 Å². The number of fused-ring (bicyclic) bond motifs is 1. The van der Waals surface area contributed by atoms with Crippen molar-refractivity contribution in [3.63, 3.8) is 0 Å². The molecular formula is C14H13N5OS. The highest BCUT2D eigenvalue weighted by Crippen LogP contribution is 2.08. The second-order valence-corrected chi connectivity index (χ2v) is 5.16. The second-order valence-electron chi connectivity index (χ2n) is 4.72. The molecule has 0 aliphatic rings. The zero-order chi connectivity index (χ0) is 15.0. The molecule has 6 nitrogen and oxygen atoms in total. The Morgan fingerprint density at radius 1 is 1.43 bits per heavy atom. The van der Waals surface area contributed by atoms with Crippen LogP contribution in [0, 0.1) is 6.92 Å². The lowest BCUT2D eigenvalue weighted by Gasteiger charge is -2.09. The lowest BCUT2D eigenvalue weighted by atomic mass is 10.2. The van der Waals surface area contributed by atoms with Gasteiger partial charge in [0.05, 0.1) is 12.2 Å². The van der Waals surface area contributed by atoms with E-state index in [-0.39, 0.29) is 10.5 Å². The van der Waals surface area contributed by atoms with Crippen LogP contribution in [0.15, 0.2) is 41.6 Å². The summed E-state index contributed by atoms with van der Waals surface area (Å²) in [5.41, 5.74) is 8.25. The smallest absolute Gasteiger partial charge is 0.276 e. The number of rotatable bonds is 3. The van der Waals surface area contributed by atoms with Crippen LogP contribution in [-0.2, 0) is 6.54 Å². The molecule has 0 radical (unpaired) electrons. The molecule has 0 atom stereocenters. The van der Waals surface area contributed by atoms with Gasteiger partial charge in [-0.3, -0.25) is 9.78 Å². The molecule has 3 aromatic heterocycles. The van der Waals surface area contributed by atoms with E-state index < -0.39 is 0 Å². The van der Waals surface area contributed by atoms with Gasteiger partial charge in [0.1, 0.15) is 16.2 Å². The monoisotopic (exact) mass is 299 g/mol. The molecule has 3 rings (SSSR count). The minimum Gasteiger partial charge on any atom is -0.388 e. The van der Waals surface area contributed by atoms with Crippen molar-refractivity contribution in [2.24, 2.45) is 5.73 Å². The molecule has 3 heterocycles. The van der Waals surface area contributed by atoms with Crippen LogP contribution < -0.4 is 11.3 Å². The number of hydrogen-bond donors (Lipinski definition) is 1. The van der Waals surface area contributed by atoms with Gasteiger partial charge in [0.2, 0.25) is 0 Å². The van der Waals surface area contributed by atoms with Crippen LogP contribution in [0.1, 0.15) is 17.0 Å². The molecule has 0 unspecified atom stereocenters. The van der Waals surface area contributed by atoms with Gasteiger partial charge >= 0.3 is 0 Å². The lowest BCUT2D eigenvalue weighted by Crippen LogP contribution is -2.24. The summed E-state index contributed by atoms with van der Waals surface area (Å²) in [7, 11) is 0. The Bertz CT molecular complexity index is 896. The summed E-state index contributed by atoms with van der Waals surface area (Å²) in [6, 6.07) is 5.42.